The smallest absolute Gasteiger partial charge is 0.404 e. The van der Waals surface area contributed by atoms with Gasteiger partial charge in [-0.25, -0.2) is 4.79 Å². The quantitative estimate of drug-likeness (QED) is 0.398. The molecule has 0 unspecified atom stereocenters. The summed E-state index contributed by atoms with van der Waals surface area (Å²) in [7, 11) is 1.67. The first-order valence-corrected chi connectivity index (χ1v) is 5.16. The van der Waals surface area contributed by atoms with E-state index in [2.05, 4.69) is 15.4 Å². The number of ether oxygens (including phenoxy) is 1. The van der Waals surface area contributed by atoms with E-state index < -0.39 is 11.0 Å². The largest absolute Gasteiger partial charge is 0.448 e. The first-order chi connectivity index (χ1) is 8.52. The molecular formula is C10H14N4O4. The van der Waals surface area contributed by atoms with E-state index in [-0.39, 0.29) is 12.3 Å². The van der Waals surface area contributed by atoms with Crippen molar-refractivity contribution < 1.29 is 14.5 Å². The lowest BCUT2D eigenvalue weighted by molar-refractivity contribution is -0.384. The first-order valence-electron chi connectivity index (χ1n) is 5.16. The Morgan fingerprint density at radius 2 is 2.11 bits per heavy atom. The number of nitro benzene ring substituents is 1. The molecule has 0 heterocycles. The van der Waals surface area contributed by atoms with E-state index in [0.717, 1.165) is 0 Å². The van der Waals surface area contributed by atoms with E-state index in [1.807, 2.05) is 0 Å². The van der Waals surface area contributed by atoms with Gasteiger partial charge in [0.15, 0.2) is 0 Å². The molecule has 8 nitrogen and oxygen atoms in total. The van der Waals surface area contributed by atoms with Crippen LogP contribution in [0.3, 0.4) is 0 Å². The zero-order chi connectivity index (χ0) is 13.5. The summed E-state index contributed by atoms with van der Waals surface area (Å²) in [4.78, 5) is 20.6. The van der Waals surface area contributed by atoms with Gasteiger partial charge in [-0.1, -0.05) is 0 Å². The van der Waals surface area contributed by atoms with Crippen LogP contribution in [0.1, 0.15) is 0 Å². The summed E-state index contributed by atoms with van der Waals surface area (Å²) in [6.45, 7) is 0.403. The molecule has 0 aliphatic rings. The number of nitrogens with one attached hydrogen (secondary N) is 2. The SMILES string of the molecule is CNc1cc(NCCOC(N)=O)cc([N+](=O)[O-])c1. The number of carbonyl (C=O) groups excluding carboxylic acids is 1. The fourth-order valence-corrected chi connectivity index (χ4v) is 1.31. The van der Waals surface area contributed by atoms with Crippen LogP contribution in [0.5, 0.6) is 0 Å². The monoisotopic (exact) mass is 254 g/mol. The Labute approximate surface area is 103 Å². The molecule has 0 aliphatic carbocycles. The predicted molar refractivity (Wildman–Crippen MR) is 66.7 cm³/mol. The molecule has 0 saturated carbocycles. The van der Waals surface area contributed by atoms with E-state index in [9.17, 15) is 14.9 Å². The van der Waals surface area contributed by atoms with Crippen LogP contribution in [-0.2, 0) is 4.74 Å². The Bertz CT molecular complexity index is 450. The summed E-state index contributed by atoms with van der Waals surface area (Å²) in [6.07, 6.45) is -0.855. The van der Waals surface area contributed by atoms with Crippen molar-refractivity contribution in [2.75, 3.05) is 30.8 Å². The molecule has 4 N–H and O–H groups in total. The first kappa shape index (κ1) is 13.6. The Balaban J connectivity index is 2.66. The molecule has 0 aliphatic heterocycles. The highest BCUT2D eigenvalue weighted by Gasteiger charge is 2.08. The number of non-ortho nitro benzene ring substituents is 1. The highest BCUT2D eigenvalue weighted by atomic mass is 16.6. The van der Waals surface area contributed by atoms with Crippen molar-refractivity contribution >= 4 is 23.2 Å². The fraction of sp³-hybridized carbons (Fsp3) is 0.300. The van der Waals surface area contributed by atoms with Crippen molar-refractivity contribution in [1.29, 1.82) is 0 Å². The van der Waals surface area contributed by atoms with Crippen molar-refractivity contribution in [2.45, 2.75) is 0 Å². The minimum Gasteiger partial charge on any atom is -0.448 e. The lowest BCUT2D eigenvalue weighted by Gasteiger charge is -2.08. The maximum absolute atomic E-state index is 10.7. The van der Waals surface area contributed by atoms with Crippen LogP contribution in [0.2, 0.25) is 0 Å². The Hall–Kier alpha value is -2.51. The van der Waals surface area contributed by atoms with Crippen LogP contribution in [0, 0.1) is 10.1 Å². The highest BCUT2D eigenvalue weighted by molar-refractivity contribution is 5.65. The molecule has 8 heteroatoms. The van der Waals surface area contributed by atoms with Crippen molar-refractivity contribution in [2.24, 2.45) is 5.73 Å². The summed E-state index contributed by atoms with van der Waals surface area (Å²) in [5, 5.41) is 16.4. The Morgan fingerprint density at radius 3 is 2.67 bits per heavy atom. The molecule has 0 bridgehead atoms. The third-order valence-electron chi connectivity index (χ3n) is 2.09. The summed E-state index contributed by atoms with van der Waals surface area (Å²) >= 11 is 0. The zero-order valence-corrected chi connectivity index (χ0v) is 9.80. The van der Waals surface area contributed by atoms with Crippen molar-refractivity contribution in [1.82, 2.24) is 0 Å². The number of hydrogen-bond acceptors (Lipinski definition) is 6. The number of hydrogen-bond donors (Lipinski definition) is 3. The molecule has 0 atom stereocenters. The molecular weight excluding hydrogens is 240 g/mol. The summed E-state index contributed by atoms with van der Waals surface area (Å²) in [5.41, 5.74) is 5.94. The number of rotatable bonds is 6. The van der Waals surface area contributed by atoms with Gasteiger partial charge in [0, 0.05) is 37.1 Å². The lowest BCUT2D eigenvalue weighted by Crippen LogP contribution is -2.18. The summed E-state index contributed by atoms with van der Waals surface area (Å²) < 4.78 is 4.52. The third kappa shape index (κ3) is 4.16. The second-order valence-corrected chi connectivity index (χ2v) is 3.37. The number of nitro groups is 1. The molecule has 18 heavy (non-hydrogen) atoms. The van der Waals surface area contributed by atoms with Gasteiger partial charge in [-0.2, -0.15) is 0 Å². The van der Waals surface area contributed by atoms with Gasteiger partial charge in [-0.3, -0.25) is 10.1 Å². The highest BCUT2D eigenvalue weighted by Crippen LogP contribution is 2.23. The van der Waals surface area contributed by atoms with E-state index in [4.69, 9.17) is 5.73 Å². The normalized spacial score (nSPS) is 9.61. The number of anilines is 2. The van der Waals surface area contributed by atoms with Crippen LogP contribution < -0.4 is 16.4 Å². The molecule has 98 valence electrons. The summed E-state index contributed by atoms with van der Waals surface area (Å²) in [6, 6.07) is 4.52. The summed E-state index contributed by atoms with van der Waals surface area (Å²) in [5.74, 6) is 0. The maximum Gasteiger partial charge on any atom is 0.404 e. The van der Waals surface area contributed by atoms with E-state index in [1.54, 1.807) is 13.1 Å². The van der Waals surface area contributed by atoms with Crippen molar-refractivity contribution in [3.63, 3.8) is 0 Å². The van der Waals surface area contributed by atoms with Crippen molar-refractivity contribution in [3.8, 4) is 0 Å². The van der Waals surface area contributed by atoms with Gasteiger partial charge in [0.2, 0.25) is 0 Å². The van der Waals surface area contributed by atoms with Crippen LogP contribution in [-0.4, -0.2) is 31.2 Å². The molecule has 0 spiro atoms. The minimum absolute atomic E-state index is 0.0276. The molecule has 1 aromatic carbocycles. The van der Waals surface area contributed by atoms with Crippen LogP contribution in [0.15, 0.2) is 18.2 Å². The predicted octanol–water partition coefficient (Wildman–Crippen LogP) is 1.14. The van der Waals surface area contributed by atoms with Crippen molar-refractivity contribution in [3.05, 3.63) is 28.3 Å². The number of benzene rings is 1. The lowest BCUT2D eigenvalue weighted by atomic mass is 10.2. The van der Waals surface area contributed by atoms with Gasteiger partial charge in [0.1, 0.15) is 6.61 Å². The standard InChI is InChI=1S/C10H14N4O4/c1-12-7-4-8(6-9(5-7)14(16)17)13-2-3-18-10(11)15/h4-6,12-13H,2-3H2,1H3,(H2,11,15). The molecule has 0 fully saturated rings. The minimum atomic E-state index is -0.855. The zero-order valence-electron chi connectivity index (χ0n) is 9.80. The molecule has 1 amide bonds. The average Bonchev–Trinajstić information content (AvgIpc) is 2.34. The van der Waals surface area contributed by atoms with Gasteiger partial charge < -0.3 is 21.1 Å². The molecule has 1 rings (SSSR count). The number of nitrogens with zero attached hydrogens (tertiary/aromatic N) is 1. The topological polar surface area (TPSA) is 120 Å². The van der Waals surface area contributed by atoms with E-state index >= 15 is 0 Å². The molecule has 0 saturated heterocycles. The molecule has 0 aromatic heterocycles. The van der Waals surface area contributed by atoms with Gasteiger partial charge in [0.25, 0.3) is 5.69 Å². The van der Waals surface area contributed by atoms with E-state index in [0.29, 0.717) is 17.9 Å². The fourth-order valence-electron chi connectivity index (χ4n) is 1.31. The number of carbonyl (C=O) groups is 1. The van der Waals surface area contributed by atoms with Crippen LogP contribution in [0.4, 0.5) is 21.9 Å². The van der Waals surface area contributed by atoms with Gasteiger partial charge in [-0.15, -0.1) is 0 Å². The number of primary amides is 1. The van der Waals surface area contributed by atoms with Gasteiger partial charge in [0.05, 0.1) is 4.92 Å². The average molecular weight is 254 g/mol. The van der Waals surface area contributed by atoms with Crippen LogP contribution >= 0.6 is 0 Å². The third-order valence-corrected chi connectivity index (χ3v) is 2.09. The molecule has 1 aromatic rings. The molecule has 0 radical (unpaired) electrons. The second-order valence-electron chi connectivity index (χ2n) is 3.37. The Kier molecular flexibility index (Phi) is 4.73. The maximum atomic E-state index is 10.7. The van der Waals surface area contributed by atoms with Crippen LogP contribution in [0.25, 0.3) is 0 Å². The van der Waals surface area contributed by atoms with Gasteiger partial charge >= 0.3 is 6.09 Å². The Morgan fingerprint density at radius 1 is 1.44 bits per heavy atom. The number of nitrogens with two attached hydrogens (primary N) is 1. The number of amides is 1. The van der Waals surface area contributed by atoms with Gasteiger partial charge in [-0.05, 0) is 6.07 Å². The second kappa shape index (κ2) is 6.28. The van der Waals surface area contributed by atoms with E-state index in [1.165, 1.54) is 12.1 Å².